The maximum atomic E-state index is 11.1. The Balaban J connectivity index is 3.17. The molecule has 126 valence electrons. The van der Waals surface area contributed by atoms with Gasteiger partial charge in [-0.25, -0.2) is 0 Å². The van der Waals surface area contributed by atoms with Crippen LogP contribution in [-0.2, 0) is 4.79 Å². The molecule has 0 rings (SSSR count). The van der Waals surface area contributed by atoms with Crippen molar-refractivity contribution in [3.8, 4) is 0 Å². The predicted molar refractivity (Wildman–Crippen MR) is 96.8 cm³/mol. The Morgan fingerprint density at radius 3 is 1.86 bits per heavy atom. The summed E-state index contributed by atoms with van der Waals surface area (Å²) in [4.78, 5) is 11.1. The molecule has 0 spiro atoms. The number of rotatable bonds is 16. The number of unbranched alkanes of at least 4 members (excludes halogenated alkanes) is 11. The third kappa shape index (κ3) is 16.9. The highest BCUT2D eigenvalue weighted by atomic mass is 16.1. The number of ketones is 1. The van der Waals surface area contributed by atoms with Gasteiger partial charge in [0.1, 0.15) is 0 Å². The largest absolute Gasteiger partial charge is 0.294 e. The molecule has 0 radical (unpaired) electrons. The van der Waals surface area contributed by atoms with Crippen LogP contribution in [0.5, 0.6) is 0 Å². The van der Waals surface area contributed by atoms with Crippen LogP contribution in [0.2, 0.25) is 0 Å². The molecule has 0 aliphatic rings. The third-order valence-electron chi connectivity index (χ3n) is 3.92. The quantitative estimate of drug-likeness (QED) is 0.152. The lowest BCUT2D eigenvalue weighted by Crippen LogP contribution is -1.92. The monoisotopic (exact) mass is 305 g/mol. The summed E-state index contributed by atoms with van der Waals surface area (Å²) in [5, 5.41) is 6.69. The topological polar surface area (TPSA) is 40.9 Å². The molecule has 0 aromatic carbocycles. The van der Waals surface area contributed by atoms with Crippen LogP contribution in [0, 0.1) is 5.41 Å². The van der Waals surface area contributed by atoms with Gasteiger partial charge < -0.3 is 0 Å². The van der Waals surface area contributed by atoms with Gasteiger partial charge in [0.25, 0.3) is 0 Å². The van der Waals surface area contributed by atoms with E-state index < -0.39 is 0 Å². The van der Waals surface area contributed by atoms with Crippen LogP contribution >= 0.6 is 0 Å². The van der Waals surface area contributed by atoms with Crippen molar-refractivity contribution in [2.45, 2.75) is 96.8 Å². The van der Waals surface area contributed by atoms with Gasteiger partial charge in [0.2, 0.25) is 0 Å². The first-order chi connectivity index (χ1) is 10.8. The minimum absolute atomic E-state index is 0.0348. The van der Waals surface area contributed by atoms with Crippen molar-refractivity contribution in [3.63, 3.8) is 0 Å². The standard InChI is InChI=1S/C20H35NO/c1-2-3-4-5-6-7-8-9-10-11-12-13-14-15-16-17-20(22)18-19-21/h9-10,18,21H,2-8,11-17H2,1H3/b10-9-. The van der Waals surface area contributed by atoms with Crippen molar-refractivity contribution in [1.82, 2.24) is 0 Å². The fourth-order valence-electron chi connectivity index (χ4n) is 2.52. The summed E-state index contributed by atoms with van der Waals surface area (Å²) in [6, 6.07) is 0. The van der Waals surface area contributed by atoms with Gasteiger partial charge in [0.15, 0.2) is 5.78 Å². The molecule has 0 bridgehead atoms. The van der Waals surface area contributed by atoms with Crippen molar-refractivity contribution in [2.24, 2.45) is 0 Å². The average molecular weight is 306 g/mol. The smallest absolute Gasteiger partial charge is 0.164 e. The molecular formula is C20H35NO. The third-order valence-corrected chi connectivity index (χ3v) is 3.92. The van der Waals surface area contributed by atoms with Gasteiger partial charge in [-0.2, -0.15) is 0 Å². The molecule has 0 aliphatic heterocycles. The molecule has 0 aliphatic carbocycles. The van der Waals surface area contributed by atoms with Crippen LogP contribution < -0.4 is 0 Å². The summed E-state index contributed by atoms with van der Waals surface area (Å²) in [7, 11) is 0. The Labute approximate surface area is 137 Å². The molecule has 0 saturated carbocycles. The van der Waals surface area contributed by atoms with E-state index in [1.165, 1.54) is 76.7 Å². The minimum Gasteiger partial charge on any atom is -0.294 e. The Hall–Kier alpha value is -1.14. The molecule has 0 saturated heterocycles. The molecule has 0 heterocycles. The molecule has 0 aromatic heterocycles. The van der Waals surface area contributed by atoms with Crippen LogP contribution in [0.25, 0.3) is 0 Å². The second kappa shape index (κ2) is 17.9. The van der Waals surface area contributed by atoms with Crippen LogP contribution in [0.4, 0.5) is 0 Å². The van der Waals surface area contributed by atoms with Crippen LogP contribution in [-0.4, -0.2) is 11.7 Å². The molecule has 22 heavy (non-hydrogen) atoms. The lowest BCUT2D eigenvalue weighted by Gasteiger charge is -1.99. The zero-order chi connectivity index (χ0) is 16.3. The molecular weight excluding hydrogens is 270 g/mol. The van der Waals surface area contributed by atoms with E-state index >= 15 is 0 Å². The van der Waals surface area contributed by atoms with Crippen LogP contribution in [0.1, 0.15) is 96.8 Å². The van der Waals surface area contributed by atoms with Gasteiger partial charge in [-0.05, 0) is 38.0 Å². The number of carbonyl (C=O) groups is 1. The number of allylic oxidation sites excluding steroid dienone is 3. The minimum atomic E-state index is 0.0348. The van der Waals surface area contributed by atoms with E-state index in [0.29, 0.717) is 6.42 Å². The lowest BCUT2D eigenvalue weighted by molar-refractivity contribution is -0.114. The van der Waals surface area contributed by atoms with Gasteiger partial charge in [0, 0.05) is 12.5 Å². The second-order valence-corrected chi connectivity index (χ2v) is 6.09. The van der Waals surface area contributed by atoms with Crippen molar-refractivity contribution in [3.05, 3.63) is 18.2 Å². The van der Waals surface area contributed by atoms with Gasteiger partial charge in [0.05, 0.1) is 0 Å². The highest BCUT2D eigenvalue weighted by Crippen LogP contribution is 2.10. The van der Waals surface area contributed by atoms with Crippen molar-refractivity contribution < 1.29 is 4.79 Å². The number of hydrogen-bond acceptors (Lipinski definition) is 2. The van der Waals surface area contributed by atoms with E-state index in [2.05, 4.69) is 19.1 Å². The van der Waals surface area contributed by atoms with Gasteiger partial charge in [-0.3, -0.25) is 10.2 Å². The zero-order valence-corrected chi connectivity index (χ0v) is 14.5. The highest BCUT2D eigenvalue weighted by molar-refractivity contribution is 5.96. The van der Waals surface area contributed by atoms with Gasteiger partial charge in [-0.1, -0.05) is 70.4 Å². The predicted octanol–water partition coefficient (Wildman–Crippen LogP) is 6.40. The molecule has 2 nitrogen and oxygen atoms in total. The fraction of sp³-hybridized carbons (Fsp3) is 0.750. The summed E-state index contributed by atoms with van der Waals surface area (Å²) < 4.78 is 0. The summed E-state index contributed by atoms with van der Waals surface area (Å²) in [5.41, 5.74) is 0. The Morgan fingerprint density at radius 1 is 0.818 bits per heavy atom. The highest BCUT2D eigenvalue weighted by Gasteiger charge is 1.96. The molecule has 0 fully saturated rings. The van der Waals surface area contributed by atoms with Crippen LogP contribution in [0.15, 0.2) is 18.2 Å². The molecule has 0 unspecified atom stereocenters. The average Bonchev–Trinajstić information content (AvgIpc) is 2.51. The van der Waals surface area contributed by atoms with E-state index in [1.807, 2.05) is 5.87 Å². The SMILES string of the molecule is CCCCCCCC/C=C\CCCCCCCC(=O)C=C=N. The van der Waals surface area contributed by atoms with E-state index in [4.69, 9.17) is 5.41 Å². The van der Waals surface area contributed by atoms with E-state index in [9.17, 15) is 4.79 Å². The van der Waals surface area contributed by atoms with Crippen molar-refractivity contribution in [2.75, 3.05) is 0 Å². The molecule has 0 aromatic rings. The van der Waals surface area contributed by atoms with E-state index in [0.717, 1.165) is 12.8 Å². The molecule has 2 heteroatoms. The number of carbonyl (C=O) groups excluding carboxylic acids is 1. The van der Waals surface area contributed by atoms with E-state index in [-0.39, 0.29) is 5.78 Å². The van der Waals surface area contributed by atoms with Crippen molar-refractivity contribution in [1.29, 1.82) is 5.41 Å². The first kappa shape index (κ1) is 20.9. The second-order valence-electron chi connectivity index (χ2n) is 6.09. The number of nitrogens with one attached hydrogen (secondary N) is 1. The Morgan fingerprint density at radius 2 is 1.32 bits per heavy atom. The summed E-state index contributed by atoms with van der Waals surface area (Å²) >= 11 is 0. The van der Waals surface area contributed by atoms with Gasteiger partial charge >= 0.3 is 0 Å². The lowest BCUT2D eigenvalue weighted by atomic mass is 10.1. The maximum absolute atomic E-state index is 11.1. The number of hydrogen-bond donors (Lipinski definition) is 1. The van der Waals surface area contributed by atoms with Gasteiger partial charge in [-0.15, -0.1) is 0 Å². The zero-order valence-electron chi connectivity index (χ0n) is 14.5. The Bertz CT molecular complexity index is 327. The maximum Gasteiger partial charge on any atom is 0.164 e. The van der Waals surface area contributed by atoms with Crippen LogP contribution in [0.3, 0.4) is 0 Å². The first-order valence-electron chi connectivity index (χ1n) is 9.24. The Kier molecular flexibility index (Phi) is 17.0. The van der Waals surface area contributed by atoms with Crippen molar-refractivity contribution >= 4 is 11.7 Å². The van der Waals surface area contributed by atoms with E-state index in [1.54, 1.807) is 0 Å². The molecule has 1 N–H and O–H groups in total. The first-order valence-corrected chi connectivity index (χ1v) is 9.24. The molecule has 0 amide bonds. The summed E-state index contributed by atoms with van der Waals surface area (Å²) in [5.74, 6) is 2.07. The fourth-order valence-corrected chi connectivity index (χ4v) is 2.52. The molecule has 0 atom stereocenters. The summed E-state index contributed by atoms with van der Waals surface area (Å²) in [6.07, 6.45) is 23.0. The summed E-state index contributed by atoms with van der Waals surface area (Å²) in [6.45, 7) is 2.26. The normalized spacial score (nSPS) is 10.8.